The van der Waals surface area contributed by atoms with Gasteiger partial charge in [-0.05, 0) is 18.1 Å². The summed E-state index contributed by atoms with van der Waals surface area (Å²) in [6.45, 7) is 4.01. The molecule has 0 aliphatic carbocycles. The third-order valence-electron chi connectivity index (χ3n) is 2.51. The molecule has 2 aromatic heterocycles. The van der Waals surface area contributed by atoms with Crippen LogP contribution in [0, 0.1) is 5.92 Å². The van der Waals surface area contributed by atoms with Crippen molar-refractivity contribution < 1.29 is 4.79 Å². The third kappa shape index (κ3) is 2.52. The highest BCUT2D eigenvalue weighted by molar-refractivity contribution is 5.92. The van der Waals surface area contributed by atoms with Crippen LogP contribution in [-0.4, -0.2) is 25.7 Å². The number of hydrogen-bond acceptors (Lipinski definition) is 3. The van der Waals surface area contributed by atoms with Crippen LogP contribution in [0.15, 0.2) is 30.9 Å². The summed E-state index contributed by atoms with van der Waals surface area (Å²) in [7, 11) is 0. The summed E-state index contributed by atoms with van der Waals surface area (Å²) < 4.78 is 1.89. The molecule has 0 spiro atoms. The Morgan fingerprint density at radius 2 is 2.12 bits per heavy atom. The molecule has 0 radical (unpaired) electrons. The summed E-state index contributed by atoms with van der Waals surface area (Å²) in [5.41, 5.74) is 0. The molecule has 17 heavy (non-hydrogen) atoms. The van der Waals surface area contributed by atoms with Crippen LogP contribution < -0.4 is 5.32 Å². The predicted octanol–water partition coefficient (Wildman–Crippen LogP) is 1.44. The summed E-state index contributed by atoms with van der Waals surface area (Å²) in [4.78, 5) is 16.0. The maximum absolute atomic E-state index is 12.1. The van der Waals surface area contributed by atoms with Gasteiger partial charge in [-0.2, -0.15) is 10.1 Å². The summed E-state index contributed by atoms with van der Waals surface area (Å²) in [5.74, 6) is 0.450. The lowest BCUT2D eigenvalue weighted by Gasteiger charge is -2.21. The van der Waals surface area contributed by atoms with Crippen molar-refractivity contribution in [3.05, 3.63) is 30.9 Å². The SMILES string of the molecule is CC(C)[C@@H](C(=O)Nc1ncn[nH]1)n1cccc1. The molecule has 0 aliphatic heterocycles. The molecular weight excluding hydrogens is 218 g/mol. The second kappa shape index (κ2) is 4.82. The van der Waals surface area contributed by atoms with Crippen LogP contribution in [-0.2, 0) is 4.79 Å². The fourth-order valence-corrected chi connectivity index (χ4v) is 1.77. The van der Waals surface area contributed by atoms with Crippen LogP contribution >= 0.6 is 0 Å². The molecule has 6 heteroatoms. The van der Waals surface area contributed by atoms with Crippen molar-refractivity contribution in [1.82, 2.24) is 19.7 Å². The van der Waals surface area contributed by atoms with Gasteiger partial charge in [0.25, 0.3) is 0 Å². The van der Waals surface area contributed by atoms with Crippen LogP contribution in [0.2, 0.25) is 0 Å². The summed E-state index contributed by atoms with van der Waals surface area (Å²) in [5, 5.41) is 8.99. The average molecular weight is 233 g/mol. The zero-order chi connectivity index (χ0) is 12.3. The molecule has 90 valence electrons. The maximum atomic E-state index is 12.1. The predicted molar refractivity (Wildman–Crippen MR) is 63.3 cm³/mol. The van der Waals surface area contributed by atoms with Gasteiger partial charge in [-0.25, -0.2) is 5.10 Å². The number of amides is 1. The molecule has 0 bridgehead atoms. The van der Waals surface area contributed by atoms with Crippen molar-refractivity contribution in [3.63, 3.8) is 0 Å². The lowest BCUT2D eigenvalue weighted by molar-refractivity contribution is -0.120. The van der Waals surface area contributed by atoms with Gasteiger partial charge in [-0.3, -0.25) is 10.1 Å². The number of nitrogens with one attached hydrogen (secondary N) is 2. The number of aromatic nitrogens is 4. The molecule has 1 amide bonds. The summed E-state index contributed by atoms with van der Waals surface area (Å²) >= 11 is 0. The molecule has 0 saturated carbocycles. The highest BCUT2D eigenvalue weighted by atomic mass is 16.2. The van der Waals surface area contributed by atoms with E-state index in [1.165, 1.54) is 6.33 Å². The Morgan fingerprint density at radius 1 is 1.41 bits per heavy atom. The number of H-pyrrole nitrogens is 1. The summed E-state index contributed by atoms with van der Waals surface area (Å²) in [6.07, 6.45) is 5.12. The first-order chi connectivity index (χ1) is 8.18. The lowest BCUT2D eigenvalue weighted by Crippen LogP contribution is -2.29. The first kappa shape index (κ1) is 11.4. The highest BCUT2D eigenvalue weighted by Gasteiger charge is 2.23. The topological polar surface area (TPSA) is 75.6 Å². The van der Waals surface area contributed by atoms with Gasteiger partial charge >= 0.3 is 0 Å². The molecular formula is C11H15N5O. The smallest absolute Gasteiger partial charge is 0.250 e. The second-order valence-electron chi connectivity index (χ2n) is 4.14. The van der Waals surface area contributed by atoms with Gasteiger partial charge in [0.2, 0.25) is 11.9 Å². The van der Waals surface area contributed by atoms with Crippen LogP contribution in [0.5, 0.6) is 0 Å². The summed E-state index contributed by atoms with van der Waals surface area (Å²) in [6, 6.07) is 3.55. The van der Waals surface area contributed by atoms with Crippen molar-refractivity contribution in [3.8, 4) is 0 Å². The van der Waals surface area contributed by atoms with Gasteiger partial charge in [0.05, 0.1) is 0 Å². The Bertz CT molecular complexity index is 460. The number of rotatable bonds is 4. The molecule has 2 aromatic rings. The number of anilines is 1. The minimum atomic E-state index is -0.255. The number of aromatic amines is 1. The first-order valence-electron chi connectivity index (χ1n) is 5.47. The van der Waals surface area contributed by atoms with Gasteiger partial charge in [-0.1, -0.05) is 13.8 Å². The van der Waals surface area contributed by atoms with Crippen molar-refractivity contribution in [2.45, 2.75) is 19.9 Å². The van der Waals surface area contributed by atoms with Gasteiger partial charge in [-0.15, -0.1) is 0 Å². The van der Waals surface area contributed by atoms with E-state index in [2.05, 4.69) is 20.5 Å². The normalized spacial score (nSPS) is 12.6. The van der Waals surface area contributed by atoms with Gasteiger partial charge in [0.1, 0.15) is 12.4 Å². The minimum absolute atomic E-state index is 0.104. The Morgan fingerprint density at radius 3 is 2.65 bits per heavy atom. The third-order valence-corrected chi connectivity index (χ3v) is 2.51. The molecule has 0 aliphatic rings. The first-order valence-corrected chi connectivity index (χ1v) is 5.47. The van der Waals surface area contributed by atoms with Crippen LogP contribution in [0.1, 0.15) is 19.9 Å². The molecule has 0 saturated heterocycles. The van der Waals surface area contributed by atoms with Gasteiger partial charge in [0, 0.05) is 12.4 Å². The van der Waals surface area contributed by atoms with Crippen molar-refractivity contribution in [2.75, 3.05) is 5.32 Å². The lowest BCUT2D eigenvalue weighted by atomic mass is 10.0. The van der Waals surface area contributed by atoms with E-state index in [1.54, 1.807) is 0 Å². The van der Waals surface area contributed by atoms with Crippen LogP contribution in [0.25, 0.3) is 0 Å². The number of carbonyl (C=O) groups is 1. The quantitative estimate of drug-likeness (QED) is 0.839. The van der Waals surface area contributed by atoms with Gasteiger partial charge < -0.3 is 4.57 Å². The Balaban J connectivity index is 2.14. The average Bonchev–Trinajstić information content (AvgIpc) is 2.89. The second-order valence-corrected chi connectivity index (χ2v) is 4.14. The monoisotopic (exact) mass is 233 g/mol. The molecule has 0 aromatic carbocycles. The van der Waals surface area contributed by atoms with E-state index in [9.17, 15) is 4.79 Å². The van der Waals surface area contributed by atoms with E-state index in [0.29, 0.717) is 5.95 Å². The molecule has 2 heterocycles. The fourth-order valence-electron chi connectivity index (χ4n) is 1.77. The largest absolute Gasteiger partial charge is 0.342 e. The van der Waals surface area contributed by atoms with E-state index in [4.69, 9.17) is 0 Å². The molecule has 1 atom stereocenters. The fraction of sp³-hybridized carbons (Fsp3) is 0.364. The van der Waals surface area contributed by atoms with Crippen molar-refractivity contribution >= 4 is 11.9 Å². The number of carbonyl (C=O) groups excluding carboxylic acids is 1. The molecule has 0 unspecified atom stereocenters. The van der Waals surface area contributed by atoms with Crippen LogP contribution in [0.4, 0.5) is 5.95 Å². The number of nitrogens with zero attached hydrogens (tertiary/aromatic N) is 3. The van der Waals surface area contributed by atoms with E-state index in [0.717, 1.165) is 0 Å². The van der Waals surface area contributed by atoms with Gasteiger partial charge in [0.15, 0.2) is 0 Å². The highest BCUT2D eigenvalue weighted by Crippen LogP contribution is 2.19. The molecule has 0 fully saturated rings. The van der Waals surface area contributed by atoms with Crippen LogP contribution in [0.3, 0.4) is 0 Å². The standard InChI is InChI=1S/C11H15N5O/c1-8(2)9(16-5-3-4-6-16)10(17)14-11-12-7-13-15-11/h3-9H,1-2H3,(H2,12,13,14,15,17)/t9-/m0/s1. The van der Waals surface area contributed by atoms with E-state index < -0.39 is 0 Å². The van der Waals surface area contributed by atoms with E-state index in [1.807, 2.05) is 42.9 Å². The molecule has 6 nitrogen and oxygen atoms in total. The zero-order valence-electron chi connectivity index (χ0n) is 9.79. The zero-order valence-corrected chi connectivity index (χ0v) is 9.79. The minimum Gasteiger partial charge on any atom is -0.342 e. The molecule has 2 N–H and O–H groups in total. The van der Waals surface area contributed by atoms with E-state index >= 15 is 0 Å². The van der Waals surface area contributed by atoms with Crippen molar-refractivity contribution in [1.29, 1.82) is 0 Å². The Hall–Kier alpha value is -2.11. The maximum Gasteiger partial charge on any atom is 0.250 e. The molecule has 2 rings (SSSR count). The Kier molecular flexibility index (Phi) is 3.22. The number of hydrogen-bond donors (Lipinski definition) is 2. The van der Waals surface area contributed by atoms with Crippen molar-refractivity contribution in [2.24, 2.45) is 5.92 Å². The van der Waals surface area contributed by atoms with E-state index in [-0.39, 0.29) is 17.9 Å². The Labute approximate surface area is 99.1 Å².